The molecule has 1 fully saturated rings. The number of nitrogens with zero attached hydrogens (tertiary/aromatic N) is 1. The Morgan fingerprint density at radius 3 is 2.95 bits per heavy atom. The molecule has 1 heterocycles. The highest BCUT2D eigenvalue weighted by Crippen LogP contribution is 2.34. The number of carbonyl (C=O) groups excluding carboxylic acids is 1. The lowest BCUT2D eigenvalue weighted by Gasteiger charge is -2.10. The minimum absolute atomic E-state index is 0.0680. The molecule has 3 nitrogen and oxygen atoms in total. The topological polar surface area (TPSA) is 40.5 Å². The summed E-state index contributed by atoms with van der Waals surface area (Å²) in [6.45, 7) is 3.97. The maximum Gasteiger partial charge on any atom is 0.266 e. The summed E-state index contributed by atoms with van der Waals surface area (Å²) < 4.78 is 0.484. The smallest absolute Gasteiger partial charge is 0.266 e. The summed E-state index contributed by atoms with van der Waals surface area (Å²) in [5.74, 6) is -0.118. The molecule has 0 unspecified atom stereocenters. The van der Waals surface area contributed by atoms with Gasteiger partial charge in [0.2, 0.25) is 0 Å². The molecule has 0 radical (unpaired) electrons. The molecule has 6 heteroatoms. The van der Waals surface area contributed by atoms with Gasteiger partial charge in [-0.2, -0.15) is 0 Å². The third-order valence-electron chi connectivity index (χ3n) is 2.46. The SMILES string of the molecule is C=CCN1C(=O)/C(=C/c2cc(Cl)ccc2O)SC1=S. The third-order valence-corrected chi connectivity index (χ3v) is 4.07. The lowest BCUT2D eigenvalue weighted by molar-refractivity contribution is -0.121. The van der Waals surface area contributed by atoms with E-state index < -0.39 is 0 Å². The Morgan fingerprint density at radius 1 is 1.53 bits per heavy atom. The average molecular weight is 312 g/mol. The van der Waals surface area contributed by atoms with E-state index in [2.05, 4.69) is 6.58 Å². The number of thioether (sulfide) groups is 1. The van der Waals surface area contributed by atoms with Gasteiger partial charge in [0.15, 0.2) is 0 Å². The Bertz CT molecular complexity index is 598. The fraction of sp³-hybridized carbons (Fsp3) is 0.0769. The van der Waals surface area contributed by atoms with Gasteiger partial charge < -0.3 is 5.11 Å². The van der Waals surface area contributed by atoms with E-state index in [1.165, 1.54) is 22.7 Å². The fourth-order valence-electron chi connectivity index (χ4n) is 1.57. The molecular formula is C13H10ClNO2S2. The first-order valence-electron chi connectivity index (χ1n) is 5.37. The molecule has 1 amide bonds. The van der Waals surface area contributed by atoms with Crippen molar-refractivity contribution >= 4 is 51.9 Å². The number of thiocarbonyl (C=S) groups is 1. The van der Waals surface area contributed by atoms with Crippen LogP contribution in [0.3, 0.4) is 0 Å². The van der Waals surface area contributed by atoms with Crippen molar-refractivity contribution in [1.29, 1.82) is 0 Å². The summed E-state index contributed by atoms with van der Waals surface area (Å²) in [5, 5.41) is 10.2. The number of carbonyl (C=O) groups is 1. The van der Waals surface area contributed by atoms with E-state index >= 15 is 0 Å². The van der Waals surface area contributed by atoms with Gasteiger partial charge in [0, 0.05) is 17.1 Å². The molecule has 0 atom stereocenters. The van der Waals surface area contributed by atoms with Crippen molar-refractivity contribution in [1.82, 2.24) is 4.90 Å². The zero-order valence-corrected chi connectivity index (χ0v) is 12.2. The maximum absolute atomic E-state index is 12.1. The number of amides is 1. The largest absolute Gasteiger partial charge is 0.507 e. The third kappa shape index (κ3) is 3.00. The lowest BCUT2D eigenvalue weighted by Crippen LogP contribution is -2.27. The van der Waals surface area contributed by atoms with Crippen molar-refractivity contribution in [3.05, 3.63) is 46.3 Å². The highest BCUT2D eigenvalue weighted by Gasteiger charge is 2.31. The number of rotatable bonds is 3. The molecule has 0 bridgehead atoms. The maximum atomic E-state index is 12.1. The van der Waals surface area contributed by atoms with Crippen LogP contribution in [0.25, 0.3) is 6.08 Å². The lowest BCUT2D eigenvalue weighted by atomic mass is 10.2. The first-order valence-corrected chi connectivity index (χ1v) is 6.98. The molecule has 1 aromatic rings. The number of halogens is 1. The van der Waals surface area contributed by atoms with Gasteiger partial charge in [-0.3, -0.25) is 9.69 Å². The Morgan fingerprint density at radius 2 is 2.26 bits per heavy atom. The number of hydrogen-bond acceptors (Lipinski definition) is 4. The summed E-state index contributed by atoms with van der Waals surface area (Å²) in [7, 11) is 0. The quantitative estimate of drug-likeness (QED) is 0.527. The van der Waals surface area contributed by atoms with Gasteiger partial charge >= 0.3 is 0 Å². The average Bonchev–Trinajstić information content (AvgIpc) is 2.62. The molecule has 0 aromatic heterocycles. The van der Waals surface area contributed by atoms with Crippen LogP contribution >= 0.6 is 35.6 Å². The Labute approximate surface area is 125 Å². The molecule has 1 aliphatic heterocycles. The van der Waals surface area contributed by atoms with Gasteiger partial charge in [-0.05, 0) is 24.3 Å². The molecule has 19 heavy (non-hydrogen) atoms. The number of hydrogen-bond donors (Lipinski definition) is 1. The van der Waals surface area contributed by atoms with E-state index in [1.54, 1.807) is 24.3 Å². The molecule has 0 aliphatic carbocycles. The minimum atomic E-state index is -0.186. The molecule has 98 valence electrons. The molecular weight excluding hydrogens is 302 g/mol. The summed E-state index contributed by atoms with van der Waals surface area (Å²) in [4.78, 5) is 14.0. The van der Waals surface area contributed by atoms with Gasteiger partial charge in [-0.15, -0.1) is 6.58 Å². The first kappa shape index (κ1) is 14.1. The van der Waals surface area contributed by atoms with Crippen LogP contribution in [0, 0.1) is 0 Å². The molecule has 1 aromatic carbocycles. The number of phenolic OH excluding ortho intramolecular Hbond substituents is 1. The van der Waals surface area contributed by atoms with Crippen molar-refractivity contribution in [3.8, 4) is 5.75 Å². The van der Waals surface area contributed by atoms with Crippen LogP contribution in [-0.2, 0) is 4.79 Å². The second-order valence-electron chi connectivity index (χ2n) is 3.78. The monoisotopic (exact) mass is 311 g/mol. The van der Waals surface area contributed by atoms with Crippen molar-refractivity contribution < 1.29 is 9.90 Å². The number of phenols is 1. The Hall–Kier alpha value is -1.30. The number of benzene rings is 1. The van der Waals surface area contributed by atoms with Crippen LogP contribution in [-0.4, -0.2) is 26.8 Å². The summed E-state index contributed by atoms with van der Waals surface area (Å²) in [6, 6.07) is 4.66. The second kappa shape index (κ2) is 5.77. The predicted molar refractivity (Wildman–Crippen MR) is 83.2 cm³/mol. The van der Waals surface area contributed by atoms with Crippen molar-refractivity contribution in [2.75, 3.05) is 6.54 Å². The van der Waals surface area contributed by atoms with E-state index in [0.717, 1.165) is 0 Å². The van der Waals surface area contributed by atoms with Crippen LogP contribution in [0.2, 0.25) is 5.02 Å². The normalized spacial score (nSPS) is 17.3. The molecule has 2 rings (SSSR count). The van der Waals surface area contributed by atoms with E-state index in [0.29, 0.717) is 26.4 Å². The van der Waals surface area contributed by atoms with Crippen LogP contribution in [0.5, 0.6) is 5.75 Å². The summed E-state index contributed by atoms with van der Waals surface area (Å²) in [6.07, 6.45) is 3.20. The van der Waals surface area contributed by atoms with Crippen molar-refractivity contribution in [2.24, 2.45) is 0 Å². The van der Waals surface area contributed by atoms with E-state index in [-0.39, 0.29) is 11.7 Å². The molecule has 1 N–H and O–H groups in total. The highest BCUT2D eigenvalue weighted by molar-refractivity contribution is 8.26. The zero-order valence-electron chi connectivity index (χ0n) is 9.80. The van der Waals surface area contributed by atoms with Crippen molar-refractivity contribution in [3.63, 3.8) is 0 Å². The molecule has 1 aliphatic rings. The fourth-order valence-corrected chi connectivity index (χ4v) is 3.02. The Kier molecular flexibility index (Phi) is 4.29. The molecule has 0 saturated carbocycles. The molecule has 0 spiro atoms. The minimum Gasteiger partial charge on any atom is -0.507 e. The van der Waals surface area contributed by atoms with Crippen LogP contribution < -0.4 is 0 Å². The predicted octanol–water partition coefficient (Wildman–Crippen LogP) is 3.43. The van der Waals surface area contributed by atoms with Crippen LogP contribution in [0.15, 0.2) is 35.8 Å². The van der Waals surface area contributed by atoms with Gasteiger partial charge in [0.1, 0.15) is 10.1 Å². The van der Waals surface area contributed by atoms with Gasteiger partial charge in [0.25, 0.3) is 5.91 Å². The first-order chi connectivity index (χ1) is 9.02. The van der Waals surface area contributed by atoms with Crippen LogP contribution in [0.1, 0.15) is 5.56 Å². The Balaban J connectivity index is 2.34. The van der Waals surface area contributed by atoms with Gasteiger partial charge in [-0.1, -0.05) is 41.7 Å². The van der Waals surface area contributed by atoms with Crippen molar-refractivity contribution in [2.45, 2.75) is 0 Å². The number of aromatic hydroxyl groups is 1. The second-order valence-corrected chi connectivity index (χ2v) is 5.90. The van der Waals surface area contributed by atoms with Crippen LogP contribution in [0.4, 0.5) is 0 Å². The van der Waals surface area contributed by atoms with Gasteiger partial charge in [-0.25, -0.2) is 0 Å². The van der Waals surface area contributed by atoms with E-state index in [4.69, 9.17) is 23.8 Å². The zero-order chi connectivity index (χ0) is 14.0. The summed E-state index contributed by atoms with van der Waals surface area (Å²) >= 11 is 12.2. The van der Waals surface area contributed by atoms with E-state index in [1.807, 2.05) is 0 Å². The highest BCUT2D eigenvalue weighted by atomic mass is 35.5. The molecule has 1 saturated heterocycles. The van der Waals surface area contributed by atoms with E-state index in [9.17, 15) is 9.90 Å². The standard InChI is InChI=1S/C13H10ClNO2S2/c1-2-5-15-12(17)11(19-13(15)18)7-8-6-9(14)3-4-10(8)16/h2-4,6-7,16H,1,5H2/b11-7-. The summed E-state index contributed by atoms with van der Waals surface area (Å²) in [5.41, 5.74) is 0.492. The van der Waals surface area contributed by atoms with Gasteiger partial charge in [0.05, 0.1) is 4.91 Å².